The first-order valence-corrected chi connectivity index (χ1v) is 5.66. The number of rotatable bonds is 4. The number of halogens is 2. The number of nitriles is 1. The van der Waals surface area contributed by atoms with Gasteiger partial charge in [0.15, 0.2) is 0 Å². The van der Waals surface area contributed by atoms with Crippen LogP contribution < -0.4 is 5.32 Å². The van der Waals surface area contributed by atoms with E-state index in [1.807, 2.05) is 6.07 Å². The van der Waals surface area contributed by atoms with Crippen LogP contribution in [0.5, 0.6) is 0 Å². The van der Waals surface area contributed by atoms with Gasteiger partial charge >= 0.3 is 0 Å². The maximum absolute atomic E-state index is 12.4. The highest BCUT2D eigenvalue weighted by molar-refractivity contribution is 5.51. The number of aromatic nitrogens is 1. The van der Waals surface area contributed by atoms with Crippen LogP contribution in [0.25, 0.3) is 0 Å². The Bertz CT molecular complexity index is 588. The Morgan fingerprint density at radius 3 is 2.58 bits per heavy atom. The molecule has 0 aliphatic carbocycles. The lowest BCUT2D eigenvalue weighted by Crippen LogP contribution is -2.03. The van der Waals surface area contributed by atoms with E-state index in [1.54, 1.807) is 30.5 Å². The molecule has 2 rings (SSSR count). The van der Waals surface area contributed by atoms with Gasteiger partial charge < -0.3 is 5.32 Å². The number of alkyl halides is 2. The molecule has 0 bridgehead atoms. The molecule has 1 N–H and O–H groups in total. The second-order valence-electron chi connectivity index (χ2n) is 3.91. The third kappa shape index (κ3) is 3.26. The number of pyridine rings is 1. The maximum Gasteiger partial charge on any atom is 0.263 e. The number of nitrogens with one attached hydrogen (secondary N) is 1. The van der Waals surface area contributed by atoms with Gasteiger partial charge in [-0.25, -0.2) is 13.8 Å². The molecule has 19 heavy (non-hydrogen) atoms. The molecule has 0 fully saturated rings. The van der Waals surface area contributed by atoms with Crippen LogP contribution in [0.1, 0.15) is 23.1 Å². The fraction of sp³-hybridized carbons (Fsp3) is 0.143. The number of nitrogens with zero attached hydrogens (tertiary/aromatic N) is 2. The smallest absolute Gasteiger partial charge is 0.263 e. The number of anilines is 1. The van der Waals surface area contributed by atoms with E-state index in [0.717, 1.165) is 5.56 Å². The molecule has 0 amide bonds. The number of hydrogen-bond acceptors (Lipinski definition) is 3. The molecule has 1 heterocycles. The fourth-order valence-electron chi connectivity index (χ4n) is 1.60. The van der Waals surface area contributed by atoms with Gasteiger partial charge in [-0.3, -0.25) is 0 Å². The van der Waals surface area contributed by atoms with Crippen LogP contribution >= 0.6 is 0 Å². The molecule has 0 unspecified atom stereocenters. The lowest BCUT2D eigenvalue weighted by atomic mass is 10.1. The van der Waals surface area contributed by atoms with E-state index in [-0.39, 0.29) is 5.56 Å². The summed E-state index contributed by atoms with van der Waals surface area (Å²) in [5.41, 5.74) is 1.30. The van der Waals surface area contributed by atoms with E-state index >= 15 is 0 Å². The molecule has 0 aliphatic heterocycles. The van der Waals surface area contributed by atoms with Crippen molar-refractivity contribution in [1.29, 1.82) is 5.26 Å². The first-order valence-electron chi connectivity index (χ1n) is 5.66. The minimum Gasteiger partial charge on any atom is -0.365 e. The van der Waals surface area contributed by atoms with Crippen molar-refractivity contribution < 1.29 is 8.78 Å². The lowest BCUT2D eigenvalue weighted by molar-refractivity contribution is 0.151. The predicted molar refractivity (Wildman–Crippen MR) is 67.7 cm³/mol. The third-order valence-corrected chi connectivity index (χ3v) is 2.62. The average Bonchev–Trinajstić information content (AvgIpc) is 2.45. The summed E-state index contributed by atoms with van der Waals surface area (Å²) >= 11 is 0. The lowest BCUT2D eigenvalue weighted by Gasteiger charge is -2.07. The minimum absolute atomic E-state index is 0.000648. The molecular weight excluding hydrogens is 248 g/mol. The molecule has 5 heteroatoms. The summed E-state index contributed by atoms with van der Waals surface area (Å²) in [5.74, 6) is 0.489. The van der Waals surface area contributed by atoms with E-state index in [0.29, 0.717) is 17.9 Å². The Morgan fingerprint density at radius 2 is 1.95 bits per heavy atom. The normalized spacial score (nSPS) is 10.2. The Labute approximate surface area is 109 Å². The summed E-state index contributed by atoms with van der Waals surface area (Å²) in [6, 6.07) is 11.4. The van der Waals surface area contributed by atoms with Gasteiger partial charge in [-0.05, 0) is 17.7 Å². The molecule has 2 aromatic rings. The van der Waals surface area contributed by atoms with Crippen molar-refractivity contribution in [2.75, 3.05) is 5.32 Å². The molecule has 0 atom stereocenters. The highest BCUT2D eigenvalue weighted by Crippen LogP contribution is 2.19. The van der Waals surface area contributed by atoms with Gasteiger partial charge in [-0.15, -0.1) is 0 Å². The van der Waals surface area contributed by atoms with Crippen LogP contribution in [0.4, 0.5) is 14.6 Å². The maximum atomic E-state index is 12.4. The summed E-state index contributed by atoms with van der Waals surface area (Å²) < 4.78 is 24.8. The molecule has 3 nitrogen and oxygen atoms in total. The Balaban J connectivity index is 2.04. The minimum atomic E-state index is -2.46. The zero-order valence-electron chi connectivity index (χ0n) is 9.98. The molecule has 0 aliphatic rings. The summed E-state index contributed by atoms with van der Waals surface area (Å²) in [7, 11) is 0. The second kappa shape index (κ2) is 5.91. The van der Waals surface area contributed by atoms with Gasteiger partial charge in [0.2, 0.25) is 0 Å². The first-order chi connectivity index (χ1) is 9.20. The molecule has 1 aromatic heterocycles. The first kappa shape index (κ1) is 13.0. The third-order valence-electron chi connectivity index (χ3n) is 2.62. The van der Waals surface area contributed by atoms with E-state index in [4.69, 9.17) is 5.26 Å². The molecular formula is C14H11F2N3. The highest BCUT2D eigenvalue weighted by Gasteiger charge is 2.06. The van der Waals surface area contributed by atoms with E-state index in [2.05, 4.69) is 10.3 Å². The molecule has 1 aromatic carbocycles. The van der Waals surface area contributed by atoms with E-state index < -0.39 is 6.43 Å². The van der Waals surface area contributed by atoms with Crippen molar-refractivity contribution in [3.05, 3.63) is 59.3 Å². The Morgan fingerprint density at radius 1 is 1.21 bits per heavy atom. The van der Waals surface area contributed by atoms with Crippen LogP contribution in [0, 0.1) is 11.3 Å². The predicted octanol–water partition coefficient (Wildman–Crippen LogP) is 3.50. The van der Waals surface area contributed by atoms with Crippen molar-refractivity contribution in [3.8, 4) is 6.07 Å². The standard InChI is InChI=1S/C14H11F2N3/c15-13(16)11-5-3-10(4-6-11)9-19-14-12(8-17)2-1-7-18-14/h1-7,13H,9H2,(H,18,19). The highest BCUT2D eigenvalue weighted by atomic mass is 19.3. The van der Waals surface area contributed by atoms with Gasteiger partial charge in [0.1, 0.15) is 11.9 Å². The molecule has 0 radical (unpaired) electrons. The van der Waals surface area contributed by atoms with Crippen molar-refractivity contribution in [3.63, 3.8) is 0 Å². The van der Waals surface area contributed by atoms with Crippen LogP contribution in [0.2, 0.25) is 0 Å². The van der Waals surface area contributed by atoms with Crippen LogP contribution in [-0.4, -0.2) is 4.98 Å². The second-order valence-corrected chi connectivity index (χ2v) is 3.91. The quantitative estimate of drug-likeness (QED) is 0.914. The Hall–Kier alpha value is -2.48. The van der Waals surface area contributed by atoms with Crippen molar-refractivity contribution >= 4 is 5.82 Å². The van der Waals surface area contributed by atoms with Gasteiger partial charge in [0.25, 0.3) is 6.43 Å². The summed E-state index contributed by atoms with van der Waals surface area (Å²) in [6.07, 6.45) is -0.869. The summed E-state index contributed by atoms with van der Waals surface area (Å²) in [5, 5.41) is 11.9. The van der Waals surface area contributed by atoms with Crippen molar-refractivity contribution in [1.82, 2.24) is 4.98 Å². The molecule has 0 saturated carbocycles. The fourth-order valence-corrected chi connectivity index (χ4v) is 1.60. The van der Waals surface area contributed by atoms with E-state index in [9.17, 15) is 8.78 Å². The Kier molecular flexibility index (Phi) is 4.04. The van der Waals surface area contributed by atoms with Gasteiger partial charge in [0, 0.05) is 18.3 Å². The van der Waals surface area contributed by atoms with Crippen LogP contribution in [0.3, 0.4) is 0 Å². The summed E-state index contributed by atoms with van der Waals surface area (Å²) in [6.45, 7) is 0.426. The molecule has 0 saturated heterocycles. The number of hydrogen-bond donors (Lipinski definition) is 1. The van der Waals surface area contributed by atoms with Crippen molar-refractivity contribution in [2.24, 2.45) is 0 Å². The van der Waals surface area contributed by atoms with E-state index in [1.165, 1.54) is 12.1 Å². The molecule has 0 spiro atoms. The number of benzene rings is 1. The topological polar surface area (TPSA) is 48.7 Å². The zero-order valence-corrected chi connectivity index (χ0v) is 9.98. The van der Waals surface area contributed by atoms with Gasteiger partial charge in [-0.2, -0.15) is 5.26 Å². The largest absolute Gasteiger partial charge is 0.365 e. The monoisotopic (exact) mass is 259 g/mol. The zero-order chi connectivity index (χ0) is 13.7. The van der Waals surface area contributed by atoms with Gasteiger partial charge in [0.05, 0.1) is 5.56 Å². The summed E-state index contributed by atoms with van der Waals surface area (Å²) in [4.78, 5) is 4.06. The molecule has 96 valence electrons. The van der Waals surface area contributed by atoms with Gasteiger partial charge in [-0.1, -0.05) is 24.3 Å². The van der Waals surface area contributed by atoms with Crippen LogP contribution in [-0.2, 0) is 6.54 Å². The SMILES string of the molecule is N#Cc1cccnc1NCc1ccc(C(F)F)cc1. The average molecular weight is 259 g/mol. The van der Waals surface area contributed by atoms with Crippen molar-refractivity contribution in [2.45, 2.75) is 13.0 Å². The van der Waals surface area contributed by atoms with Crippen LogP contribution in [0.15, 0.2) is 42.6 Å².